The molecule has 1 aromatic carbocycles. The van der Waals surface area contributed by atoms with E-state index < -0.39 is 17.1 Å². The summed E-state index contributed by atoms with van der Waals surface area (Å²) in [7, 11) is 1.61. The van der Waals surface area contributed by atoms with Crippen LogP contribution in [0.5, 0.6) is 0 Å². The first-order valence-electron chi connectivity index (χ1n) is 9.69. The van der Waals surface area contributed by atoms with Crippen molar-refractivity contribution in [1.82, 2.24) is 15.5 Å². The molecule has 1 fully saturated rings. The summed E-state index contributed by atoms with van der Waals surface area (Å²) in [5.41, 5.74) is 11.2. The minimum atomic E-state index is -0.613. The fraction of sp³-hybridized carbons (Fsp3) is 0.450. The van der Waals surface area contributed by atoms with Gasteiger partial charge in [-0.3, -0.25) is 19.9 Å². The van der Waals surface area contributed by atoms with E-state index in [9.17, 15) is 14.0 Å². The molecule has 30 heavy (non-hydrogen) atoms. The van der Waals surface area contributed by atoms with Crippen molar-refractivity contribution in [2.75, 3.05) is 32.0 Å². The molecule has 8 N–H and O–H groups in total. The van der Waals surface area contributed by atoms with Crippen molar-refractivity contribution in [2.45, 2.75) is 26.3 Å². The summed E-state index contributed by atoms with van der Waals surface area (Å²) in [6, 6.07) is 3.51. The zero-order valence-electron chi connectivity index (χ0n) is 17.5. The lowest BCUT2D eigenvalue weighted by Gasteiger charge is -2.22. The van der Waals surface area contributed by atoms with Gasteiger partial charge in [-0.2, -0.15) is 0 Å². The van der Waals surface area contributed by atoms with E-state index >= 15 is 0 Å². The molecule has 1 heterocycles. The van der Waals surface area contributed by atoms with Crippen molar-refractivity contribution >= 4 is 23.3 Å². The predicted octanol–water partition coefficient (Wildman–Crippen LogP) is 0.550. The Morgan fingerprint density at radius 2 is 2.10 bits per heavy atom. The van der Waals surface area contributed by atoms with Crippen LogP contribution >= 0.6 is 0 Å². The number of nitrogens with zero attached hydrogens (tertiary/aromatic N) is 1. The van der Waals surface area contributed by atoms with Crippen molar-refractivity contribution in [3.63, 3.8) is 0 Å². The second kappa shape index (κ2) is 9.68. The van der Waals surface area contributed by atoms with Crippen LogP contribution in [0, 0.1) is 16.6 Å². The van der Waals surface area contributed by atoms with Gasteiger partial charge < -0.3 is 27.4 Å². The number of amidine groups is 1. The van der Waals surface area contributed by atoms with Gasteiger partial charge in [0.1, 0.15) is 5.82 Å². The van der Waals surface area contributed by atoms with Gasteiger partial charge in [0.15, 0.2) is 5.84 Å². The molecule has 10 heteroatoms. The lowest BCUT2D eigenvalue weighted by atomic mass is 9.92. The Morgan fingerprint density at radius 3 is 2.67 bits per heavy atom. The van der Waals surface area contributed by atoms with Crippen LogP contribution in [-0.2, 0) is 4.79 Å². The molecule has 2 amide bonds. The standard InChI is InChI=1S/C20H30FN7O2/c1-20(2)4-5-28(19(20)30)17(24)16(11-25-3)27-18(29)12-6-13(21)8-15(7-12)26-10-14(23)9-22/h6-8,11,14,24-26H,4-5,9-10,22-23H2,1-3H3,(H,27,29)/b16-11+,24-17?/t14-/m1/s1. The van der Waals surface area contributed by atoms with E-state index in [1.807, 2.05) is 13.8 Å². The van der Waals surface area contributed by atoms with Crippen molar-refractivity contribution in [3.8, 4) is 0 Å². The molecule has 9 nitrogen and oxygen atoms in total. The van der Waals surface area contributed by atoms with Gasteiger partial charge in [0, 0.05) is 55.6 Å². The topological polar surface area (TPSA) is 149 Å². The highest BCUT2D eigenvalue weighted by atomic mass is 19.1. The summed E-state index contributed by atoms with van der Waals surface area (Å²) in [6.45, 7) is 4.61. The molecule has 0 aliphatic carbocycles. The first kappa shape index (κ1) is 23.3. The molecular formula is C20H30FN7O2. The highest BCUT2D eigenvalue weighted by Gasteiger charge is 2.41. The zero-order chi connectivity index (χ0) is 22.5. The lowest BCUT2D eigenvalue weighted by Crippen LogP contribution is -2.41. The van der Waals surface area contributed by atoms with Gasteiger partial charge in [-0.05, 0) is 24.6 Å². The molecular weight excluding hydrogens is 389 g/mol. The van der Waals surface area contributed by atoms with Crippen molar-refractivity contribution in [2.24, 2.45) is 16.9 Å². The Kier molecular flexibility index (Phi) is 7.52. The van der Waals surface area contributed by atoms with Gasteiger partial charge in [-0.25, -0.2) is 4.39 Å². The fourth-order valence-electron chi connectivity index (χ4n) is 2.98. The Morgan fingerprint density at radius 1 is 1.40 bits per heavy atom. The lowest BCUT2D eigenvalue weighted by molar-refractivity contribution is -0.131. The van der Waals surface area contributed by atoms with Gasteiger partial charge >= 0.3 is 0 Å². The van der Waals surface area contributed by atoms with Gasteiger partial charge in [-0.1, -0.05) is 13.8 Å². The average Bonchev–Trinajstić information content (AvgIpc) is 2.97. The van der Waals surface area contributed by atoms with Crippen LogP contribution < -0.4 is 27.4 Å². The quantitative estimate of drug-likeness (QED) is 0.268. The molecule has 0 bridgehead atoms. The molecule has 164 valence electrons. The molecule has 0 unspecified atom stereocenters. The van der Waals surface area contributed by atoms with Crippen LogP contribution in [0.2, 0.25) is 0 Å². The maximum Gasteiger partial charge on any atom is 0.255 e. The Bertz CT molecular complexity index is 854. The molecule has 2 rings (SSSR count). The second-order valence-corrected chi connectivity index (χ2v) is 7.85. The van der Waals surface area contributed by atoms with Crippen molar-refractivity contribution in [3.05, 3.63) is 41.5 Å². The average molecular weight is 420 g/mol. The maximum absolute atomic E-state index is 14.0. The molecule has 0 saturated carbocycles. The highest BCUT2D eigenvalue weighted by Crippen LogP contribution is 2.31. The number of rotatable bonds is 8. The first-order valence-corrected chi connectivity index (χ1v) is 9.69. The van der Waals surface area contributed by atoms with Crippen LogP contribution in [0.3, 0.4) is 0 Å². The largest absolute Gasteiger partial charge is 0.392 e. The van der Waals surface area contributed by atoms with Crippen LogP contribution in [0.4, 0.5) is 10.1 Å². The van der Waals surface area contributed by atoms with Gasteiger partial charge in [0.2, 0.25) is 5.91 Å². The Labute approximate surface area is 175 Å². The smallest absolute Gasteiger partial charge is 0.255 e. The highest BCUT2D eigenvalue weighted by molar-refractivity contribution is 6.11. The van der Waals surface area contributed by atoms with Crippen LogP contribution in [-0.4, -0.2) is 55.3 Å². The molecule has 0 radical (unpaired) electrons. The number of carbonyl (C=O) groups excluding carboxylic acids is 2. The summed E-state index contributed by atoms with van der Waals surface area (Å²) >= 11 is 0. The van der Waals surface area contributed by atoms with Gasteiger partial charge in [-0.15, -0.1) is 0 Å². The summed E-state index contributed by atoms with van der Waals surface area (Å²) in [4.78, 5) is 26.6. The van der Waals surface area contributed by atoms with Gasteiger partial charge in [0.05, 0.1) is 5.70 Å². The molecule has 1 aromatic rings. The summed E-state index contributed by atoms with van der Waals surface area (Å²) in [6.07, 6.45) is 2.02. The predicted molar refractivity (Wildman–Crippen MR) is 114 cm³/mol. The maximum atomic E-state index is 14.0. The molecule has 1 saturated heterocycles. The number of likely N-dealkylation sites (tertiary alicyclic amines) is 1. The molecule has 0 spiro atoms. The summed E-state index contributed by atoms with van der Waals surface area (Å²) in [5, 5.41) is 16.7. The van der Waals surface area contributed by atoms with Gasteiger partial charge in [0.25, 0.3) is 5.91 Å². The number of nitrogens with one attached hydrogen (secondary N) is 4. The van der Waals surface area contributed by atoms with E-state index in [0.29, 0.717) is 25.2 Å². The number of anilines is 1. The minimum Gasteiger partial charge on any atom is -0.392 e. The number of carbonyl (C=O) groups is 2. The third kappa shape index (κ3) is 5.55. The van der Waals surface area contributed by atoms with Crippen LogP contribution in [0.15, 0.2) is 30.1 Å². The number of hydrogen-bond acceptors (Lipinski definition) is 7. The fourth-order valence-corrected chi connectivity index (χ4v) is 2.98. The number of halogens is 1. The SMILES string of the molecule is CN/C=C(/NC(=O)c1cc(F)cc(NC[C@H](N)CN)c1)C(=N)N1CCC(C)(C)C1=O. The zero-order valence-corrected chi connectivity index (χ0v) is 17.5. The summed E-state index contributed by atoms with van der Waals surface area (Å²) in [5.74, 6) is -1.52. The molecule has 1 atom stereocenters. The minimum absolute atomic E-state index is 0.0571. The second-order valence-electron chi connectivity index (χ2n) is 7.85. The number of amides is 2. The van der Waals surface area contributed by atoms with Crippen LogP contribution in [0.25, 0.3) is 0 Å². The first-order chi connectivity index (χ1) is 14.1. The molecule has 1 aliphatic heterocycles. The Balaban J connectivity index is 2.17. The normalized spacial score (nSPS) is 16.9. The number of hydrogen-bond donors (Lipinski definition) is 6. The van der Waals surface area contributed by atoms with E-state index in [0.717, 1.165) is 6.07 Å². The van der Waals surface area contributed by atoms with Crippen LogP contribution in [0.1, 0.15) is 30.6 Å². The monoisotopic (exact) mass is 419 g/mol. The van der Waals surface area contributed by atoms with Crippen molar-refractivity contribution < 1.29 is 14.0 Å². The summed E-state index contributed by atoms with van der Waals surface area (Å²) < 4.78 is 14.0. The van der Waals surface area contributed by atoms with E-state index in [-0.39, 0.29) is 35.6 Å². The van der Waals surface area contributed by atoms with Crippen molar-refractivity contribution in [1.29, 1.82) is 5.41 Å². The van der Waals surface area contributed by atoms with E-state index in [4.69, 9.17) is 16.9 Å². The third-order valence-corrected chi connectivity index (χ3v) is 4.88. The molecule has 1 aliphatic rings. The number of benzene rings is 1. The third-order valence-electron chi connectivity index (χ3n) is 4.88. The van der Waals surface area contributed by atoms with E-state index in [1.165, 1.54) is 23.2 Å². The number of nitrogens with two attached hydrogens (primary N) is 2. The van der Waals surface area contributed by atoms with E-state index in [2.05, 4.69) is 16.0 Å². The Hall–Kier alpha value is -2.98. The molecule has 0 aromatic heterocycles. The van der Waals surface area contributed by atoms with E-state index in [1.54, 1.807) is 7.05 Å².